The summed E-state index contributed by atoms with van der Waals surface area (Å²) in [5, 5.41) is 12.2. The number of aliphatic hydroxyl groups is 1. The summed E-state index contributed by atoms with van der Waals surface area (Å²) < 4.78 is 89.3. The SMILES string of the molecule is CO[C@H]1O[C@H]([C@@H](CC[C@H]2O[C@H](COCc3ccccc3)[C@@H](OCc3ccccc3)[C@H](OCc3ccccc3)[C@@H]2OCc2ccccc2)OCc2ccccc2)[C@H](O[C@H]2O[C@H](COC(C)=O)[C@@H](OC(C)=O)[C@H](OC(C)=O)[C@@H]2OC(C)=O)[C@@H]1O. The number of ether oxygens (including phenoxy) is 14. The molecule has 3 fully saturated rings. The van der Waals surface area contributed by atoms with Crippen LogP contribution in [0.3, 0.4) is 0 Å². The van der Waals surface area contributed by atoms with Crippen molar-refractivity contribution in [2.24, 2.45) is 0 Å². The maximum absolute atomic E-state index is 12.9. The zero-order valence-corrected chi connectivity index (χ0v) is 46.8. The molecule has 82 heavy (non-hydrogen) atoms. The summed E-state index contributed by atoms with van der Waals surface area (Å²) in [6.45, 7) is 5.20. The summed E-state index contributed by atoms with van der Waals surface area (Å²) in [5.74, 6) is -3.16. The van der Waals surface area contributed by atoms with E-state index in [1.165, 1.54) is 14.0 Å². The molecular weight excluding hydrogens is 1060 g/mol. The van der Waals surface area contributed by atoms with Crippen molar-refractivity contribution in [2.75, 3.05) is 20.3 Å². The van der Waals surface area contributed by atoms with Crippen LogP contribution in [0.5, 0.6) is 0 Å². The molecule has 19 heteroatoms. The number of rotatable bonds is 28. The lowest BCUT2D eigenvalue weighted by molar-refractivity contribution is -0.324. The van der Waals surface area contributed by atoms with Gasteiger partial charge in [0.1, 0.15) is 55.4 Å². The van der Waals surface area contributed by atoms with E-state index in [-0.39, 0.29) is 45.9 Å². The molecule has 0 radical (unpaired) electrons. The van der Waals surface area contributed by atoms with E-state index in [0.717, 1.165) is 48.6 Å². The van der Waals surface area contributed by atoms with Crippen molar-refractivity contribution in [1.82, 2.24) is 0 Å². The van der Waals surface area contributed by atoms with Crippen LogP contribution in [0.4, 0.5) is 0 Å². The predicted octanol–water partition coefficient (Wildman–Crippen LogP) is 7.29. The quantitative estimate of drug-likeness (QED) is 0.0384. The largest absolute Gasteiger partial charge is 0.463 e. The van der Waals surface area contributed by atoms with Gasteiger partial charge in [0.2, 0.25) is 0 Å². The van der Waals surface area contributed by atoms with Gasteiger partial charge in [0.15, 0.2) is 30.9 Å². The number of carbonyl (C=O) groups is 4. The third kappa shape index (κ3) is 17.8. The molecule has 0 spiro atoms. The molecule has 5 aromatic carbocycles. The number of carbonyl (C=O) groups excluding carboxylic acids is 4. The Kier molecular flexibility index (Phi) is 23.5. The lowest BCUT2D eigenvalue weighted by Crippen LogP contribution is -2.64. The fourth-order valence-electron chi connectivity index (χ4n) is 10.3. The summed E-state index contributed by atoms with van der Waals surface area (Å²) >= 11 is 0. The smallest absolute Gasteiger partial charge is 0.303 e. The van der Waals surface area contributed by atoms with Crippen molar-refractivity contribution >= 4 is 23.9 Å². The molecule has 0 amide bonds. The van der Waals surface area contributed by atoms with E-state index >= 15 is 0 Å². The van der Waals surface area contributed by atoms with Gasteiger partial charge in [-0.05, 0) is 40.7 Å². The molecule has 3 aliphatic heterocycles. The molecule has 0 unspecified atom stereocenters. The molecule has 0 saturated carbocycles. The minimum absolute atomic E-state index is 0.0818. The lowest BCUT2D eigenvalue weighted by Gasteiger charge is -2.47. The molecule has 15 atom stereocenters. The molecule has 0 aromatic heterocycles. The van der Waals surface area contributed by atoms with Gasteiger partial charge in [0.25, 0.3) is 0 Å². The van der Waals surface area contributed by atoms with Gasteiger partial charge >= 0.3 is 23.9 Å². The van der Waals surface area contributed by atoms with Crippen molar-refractivity contribution < 1.29 is 90.6 Å². The Balaban J connectivity index is 1.16. The number of esters is 4. The van der Waals surface area contributed by atoms with Gasteiger partial charge in [0.05, 0.1) is 51.8 Å². The molecule has 5 aromatic rings. The Labute approximate surface area is 478 Å². The van der Waals surface area contributed by atoms with Crippen molar-refractivity contribution in [2.45, 2.75) is 166 Å². The fraction of sp³-hybridized carbons (Fsp3) is 0.460. The minimum Gasteiger partial charge on any atom is -0.463 e. The van der Waals surface area contributed by atoms with Gasteiger partial charge in [0, 0.05) is 34.8 Å². The van der Waals surface area contributed by atoms with Gasteiger partial charge in [-0.1, -0.05) is 152 Å². The monoisotopic (exact) mass is 1130 g/mol. The highest BCUT2D eigenvalue weighted by atomic mass is 16.8. The van der Waals surface area contributed by atoms with Crippen molar-refractivity contribution in [3.05, 3.63) is 179 Å². The predicted molar refractivity (Wildman–Crippen MR) is 293 cm³/mol. The van der Waals surface area contributed by atoms with Crippen LogP contribution in [0.25, 0.3) is 0 Å². The van der Waals surface area contributed by atoms with Gasteiger partial charge < -0.3 is 71.4 Å². The summed E-state index contributed by atoms with van der Waals surface area (Å²) in [6.07, 6.45) is -17.2. The summed E-state index contributed by atoms with van der Waals surface area (Å²) in [7, 11) is 1.36. The average molecular weight is 1140 g/mol. The Bertz CT molecular complexity index is 2710. The van der Waals surface area contributed by atoms with Crippen LogP contribution in [-0.2, 0) is 119 Å². The Morgan fingerprint density at radius 2 is 0.890 bits per heavy atom. The topological polar surface area (TPSA) is 218 Å². The van der Waals surface area contributed by atoms with Crippen molar-refractivity contribution in [3.8, 4) is 0 Å². The standard InChI is InChI=1S/C63H74O19/c1-40(64)71-39-52-57(76-41(2)65)60(77-42(3)66)61(78-43(4)67)63(80-52)82-58-53(68)62(69-5)81-56(58)49(72-34-45-23-13-7-14-24-45)31-32-50-54(73-35-46-25-15-8-16-26-46)59(75-37-48-29-19-10-20-30-48)55(74-36-47-27-17-9-18-28-47)51(79-50)38-70-33-44-21-11-6-12-22-44/h6-30,49-63,68H,31-39H2,1-5H3/t49-,50-,51-,52-,53+,54-,55-,56-,57-,58-,59-,60+,61+,62+,63-/m1/s1. The Morgan fingerprint density at radius 3 is 1.38 bits per heavy atom. The summed E-state index contributed by atoms with van der Waals surface area (Å²) in [4.78, 5) is 50.4. The number of methoxy groups -OCH3 is 1. The van der Waals surface area contributed by atoms with E-state index < -0.39 is 122 Å². The van der Waals surface area contributed by atoms with Crippen LogP contribution in [0.2, 0.25) is 0 Å². The van der Waals surface area contributed by atoms with E-state index in [0.29, 0.717) is 6.61 Å². The van der Waals surface area contributed by atoms with Crippen LogP contribution in [0, 0.1) is 0 Å². The first-order chi connectivity index (χ1) is 39.8. The second-order valence-electron chi connectivity index (χ2n) is 20.3. The normalized spacial score (nSPS) is 27.4. The van der Waals surface area contributed by atoms with E-state index in [1.54, 1.807) is 0 Å². The molecule has 8 rings (SSSR count). The first kappa shape index (κ1) is 61.6. The molecule has 0 aliphatic carbocycles. The molecule has 0 bridgehead atoms. The molecular formula is C63H74O19. The van der Waals surface area contributed by atoms with Crippen LogP contribution in [-0.4, -0.2) is 141 Å². The third-order valence-corrected chi connectivity index (χ3v) is 14.1. The van der Waals surface area contributed by atoms with Crippen LogP contribution >= 0.6 is 0 Å². The highest BCUT2D eigenvalue weighted by Gasteiger charge is 2.57. The van der Waals surface area contributed by atoms with Gasteiger partial charge in [-0.25, -0.2) is 0 Å². The maximum atomic E-state index is 12.9. The second-order valence-corrected chi connectivity index (χ2v) is 20.3. The van der Waals surface area contributed by atoms with E-state index in [9.17, 15) is 24.3 Å². The fourth-order valence-corrected chi connectivity index (χ4v) is 10.3. The first-order valence-corrected chi connectivity index (χ1v) is 27.5. The Hall–Kier alpha value is -6.46. The molecule has 3 heterocycles. The van der Waals surface area contributed by atoms with E-state index in [1.807, 2.05) is 152 Å². The van der Waals surface area contributed by atoms with Crippen molar-refractivity contribution in [1.29, 1.82) is 0 Å². The van der Waals surface area contributed by atoms with Gasteiger partial charge in [-0.15, -0.1) is 0 Å². The molecule has 440 valence electrons. The highest BCUT2D eigenvalue weighted by Crippen LogP contribution is 2.38. The minimum atomic E-state index is -1.68. The third-order valence-electron chi connectivity index (χ3n) is 14.1. The van der Waals surface area contributed by atoms with Crippen LogP contribution in [0.15, 0.2) is 152 Å². The molecule has 19 nitrogen and oxygen atoms in total. The number of hydrogen-bond donors (Lipinski definition) is 1. The summed E-state index contributed by atoms with van der Waals surface area (Å²) in [6, 6.07) is 48.8. The first-order valence-electron chi connectivity index (χ1n) is 27.5. The number of hydrogen-bond acceptors (Lipinski definition) is 19. The molecule has 1 N–H and O–H groups in total. The Morgan fingerprint density at radius 1 is 0.451 bits per heavy atom. The summed E-state index contributed by atoms with van der Waals surface area (Å²) in [5.41, 5.74) is 4.61. The molecule has 3 aliphatic rings. The van der Waals surface area contributed by atoms with Gasteiger partial charge in [-0.3, -0.25) is 19.2 Å². The zero-order valence-electron chi connectivity index (χ0n) is 46.8. The maximum Gasteiger partial charge on any atom is 0.303 e. The zero-order chi connectivity index (χ0) is 57.8. The average Bonchev–Trinajstić information content (AvgIpc) is 3.97. The number of aliphatic hydroxyl groups excluding tert-OH is 1. The number of benzene rings is 5. The van der Waals surface area contributed by atoms with Gasteiger partial charge in [-0.2, -0.15) is 0 Å². The van der Waals surface area contributed by atoms with Crippen molar-refractivity contribution in [3.63, 3.8) is 0 Å². The highest BCUT2D eigenvalue weighted by molar-refractivity contribution is 5.68. The second kappa shape index (κ2) is 31.3. The molecule has 3 saturated heterocycles. The van der Waals surface area contributed by atoms with E-state index in [2.05, 4.69) is 0 Å². The van der Waals surface area contributed by atoms with Crippen LogP contribution in [0.1, 0.15) is 68.4 Å². The lowest BCUT2D eigenvalue weighted by atomic mass is 9.90. The van der Waals surface area contributed by atoms with E-state index in [4.69, 9.17) is 66.3 Å². The van der Waals surface area contributed by atoms with Crippen LogP contribution < -0.4 is 0 Å².